The van der Waals surface area contributed by atoms with E-state index in [1.807, 2.05) is 49.3 Å². The van der Waals surface area contributed by atoms with E-state index in [2.05, 4.69) is 16.0 Å². The molecule has 2 aromatic carbocycles. The Hall–Kier alpha value is -3.06. The van der Waals surface area contributed by atoms with Gasteiger partial charge in [-0.2, -0.15) is 0 Å². The summed E-state index contributed by atoms with van der Waals surface area (Å²) in [5.74, 6) is -0.218. The fourth-order valence-electron chi connectivity index (χ4n) is 2.50. The lowest BCUT2D eigenvalue weighted by Crippen LogP contribution is -2.30. The van der Waals surface area contributed by atoms with E-state index < -0.39 is 0 Å². The fraction of sp³-hybridized carbons (Fsp3) is 0.300. The molecule has 2 rings (SSSR count). The Balaban J connectivity index is 2.04. The predicted octanol–water partition coefficient (Wildman–Crippen LogP) is 2.45. The highest BCUT2D eigenvalue weighted by Gasteiger charge is 2.14. The van der Waals surface area contributed by atoms with Gasteiger partial charge in [0.15, 0.2) is 0 Å². The molecule has 27 heavy (non-hydrogen) atoms. The van der Waals surface area contributed by atoms with Gasteiger partial charge in [0.1, 0.15) is 0 Å². The van der Waals surface area contributed by atoms with Gasteiger partial charge < -0.3 is 25.6 Å². The number of rotatable bonds is 8. The second-order valence-electron chi connectivity index (χ2n) is 6.17. The largest absolute Gasteiger partial charge is 0.383 e. The second kappa shape index (κ2) is 10.2. The van der Waals surface area contributed by atoms with Crippen LogP contribution in [0.25, 0.3) is 0 Å². The number of hydrogen-bond acceptors (Lipinski definition) is 4. The van der Waals surface area contributed by atoms with Crippen molar-refractivity contribution in [1.82, 2.24) is 10.6 Å². The van der Waals surface area contributed by atoms with E-state index >= 15 is 0 Å². The number of amides is 3. The van der Waals surface area contributed by atoms with Crippen molar-refractivity contribution in [1.29, 1.82) is 0 Å². The van der Waals surface area contributed by atoms with Gasteiger partial charge in [-0.05, 0) is 23.8 Å². The summed E-state index contributed by atoms with van der Waals surface area (Å²) in [6, 6.07) is 14.5. The Morgan fingerprint density at radius 3 is 2.44 bits per heavy atom. The minimum absolute atomic E-state index is 0.218. The molecule has 0 atom stereocenters. The van der Waals surface area contributed by atoms with Gasteiger partial charge in [-0.1, -0.05) is 30.3 Å². The maximum Gasteiger partial charge on any atom is 0.319 e. The lowest BCUT2D eigenvalue weighted by atomic mass is 10.1. The zero-order chi connectivity index (χ0) is 19.6. The average molecular weight is 370 g/mol. The number of nitrogens with zero attached hydrogens (tertiary/aromatic N) is 1. The molecule has 0 aromatic heterocycles. The Bertz CT molecular complexity index is 763. The van der Waals surface area contributed by atoms with Gasteiger partial charge in [0.25, 0.3) is 5.91 Å². The monoisotopic (exact) mass is 370 g/mol. The quantitative estimate of drug-likeness (QED) is 0.624. The standard InChI is InChI=1S/C20H26N4O3/c1-24(2)18-10-9-16(13-17(18)19(25)21-11-12-27-3)23-20(26)22-14-15-7-5-4-6-8-15/h4-10,13H,11-12,14H2,1-3H3,(H,21,25)(H2,22,23,26). The molecule has 0 saturated heterocycles. The van der Waals surface area contributed by atoms with Gasteiger partial charge in [-0.15, -0.1) is 0 Å². The number of nitrogens with one attached hydrogen (secondary N) is 3. The van der Waals surface area contributed by atoms with E-state index in [0.717, 1.165) is 11.3 Å². The zero-order valence-corrected chi connectivity index (χ0v) is 15.9. The van der Waals surface area contributed by atoms with Crippen molar-refractivity contribution in [2.24, 2.45) is 0 Å². The number of benzene rings is 2. The van der Waals surface area contributed by atoms with E-state index in [0.29, 0.717) is 30.9 Å². The number of carbonyl (C=O) groups is 2. The van der Waals surface area contributed by atoms with E-state index in [1.165, 1.54) is 0 Å². The van der Waals surface area contributed by atoms with E-state index in [4.69, 9.17) is 4.74 Å². The highest BCUT2D eigenvalue weighted by atomic mass is 16.5. The predicted molar refractivity (Wildman–Crippen MR) is 107 cm³/mol. The molecular formula is C20H26N4O3. The molecule has 7 heteroatoms. The molecule has 0 radical (unpaired) electrons. The molecule has 0 saturated carbocycles. The number of ether oxygens (including phenoxy) is 1. The van der Waals surface area contributed by atoms with Crippen LogP contribution in [0.15, 0.2) is 48.5 Å². The van der Waals surface area contributed by atoms with Crippen molar-refractivity contribution in [2.75, 3.05) is 44.6 Å². The Labute approximate surface area is 159 Å². The summed E-state index contributed by atoms with van der Waals surface area (Å²) >= 11 is 0. The summed E-state index contributed by atoms with van der Waals surface area (Å²) in [6.07, 6.45) is 0. The van der Waals surface area contributed by atoms with Crippen LogP contribution >= 0.6 is 0 Å². The average Bonchev–Trinajstić information content (AvgIpc) is 2.67. The molecule has 0 aliphatic carbocycles. The molecule has 2 aromatic rings. The second-order valence-corrected chi connectivity index (χ2v) is 6.17. The molecule has 0 bridgehead atoms. The third-order valence-corrected chi connectivity index (χ3v) is 3.87. The summed E-state index contributed by atoms with van der Waals surface area (Å²) in [6.45, 7) is 1.27. The molecule has 3 N–H and O–H groups in total. The van der Waals surface area contributed by atoms with E-state index in [9.17, 15) is 9.59 Å². The lowest BCUT2D eigenvalue weighted by Gasteiger charge is -2.18. The van der Waals surface area contributed by atoms with Crippen LogP contribution < -0.4 is 20.9 Å². The van der Waals surface area contributed by atoms with Crippen LogP contribution in [0.2, 0.25) is 0 Å². The third kappa shape index (κ3) is 6.31. The number of anilines is 2. The van der Waals surface area contributed by atoms with E-state index in [-0.39, 0.29) is 11.9 Å². The molecule has 0 fully saturated rings. The normalized spacial score (nSPS) is 10.2. The zero-order valence-electron chi connectivity index (χ0n) is 15.9. The summed E-state index contributed by atoms with van der Waals surface area (Å²) in [5.41, 5.74) is 2.80. The van der Waals surface area contributed by atoms with Crippen LogP contribution in [0.5, 0.6) is 0 Å². The van der Waals surface area contributed by atoms with Crippen molar-refractivity contribution in [3.8, 4) is 0 Å². The maximum absolute atomic E-state index is 12.5. The minimum atomic E-state index is -0.331. The molecule has 7 nitrogen and oxygen atoms in total. The Kier molecular flexibility index (Phi) is 7.63. The summed E-state index contributed by atoms with van der Waals surface area (Å²) in [5, 5.41) is 8.37. The van der Waals surface area contributed by atoms with Gasteiger partial charge in [-0.3, -0.25) is 4.79 Å². The Morgan fingerprint density at radius 1 is 1.04 bits per heavy atom. The van der Waals surface area contributed by atoms with Crippen LogP contribution in [0.4, 0.5) is 16.2 Å². The van der Waals surface area contributed by atoms with Gasteiger partial charge >= 0.3 is 6.03 Å². The first-order chi connectivity index (χ1) is 13.0. The van der Waals surface area contributed by atoms with Gasteiger partial charge in [0.2, 0.25) is 0 Å². The van der Waals surface area contributed by atoms with Crippen molar-refractivity contribution >= 4 is 23.3 Å². The first kappa shape index (κ1) is 20.3. The first-order valence-electron chi connectivity index (χ1n) is 8.68. The van der Waals surface area contributed by atoms with Crippen LogP contribution in [0.3, 0.4) is 0 Å². The fourth-order valence-corrected chi connectivity index (χ4v) is 2.50. The summed E-state index contributed by atoms with van der Waals surface area (Å²) in [4.78, 5) is 26.5. The highest BCUT2D eigenvalue weighted by molar-refractivity contribution is 6.01. The van der Waals surface area contributed by atoms with Gasteiger partial charge in [-0.25, -0.2) is 4.79 Å². The van der Waals surface area contributed by atoms with Crippen molar-refractivity contribution in [3.63, 3.8) is 0 Å². The number of hydrogen-bond donors (Lipinski definition) is 3. The van der Waals surface area contributed by atoms with Crippen LogP contribution in [-0.2, 0) is 11.3 Å². The molecule has 0 aliphatic heterocycles. The highest BCUT2D eigenvalue weighted by Crippen LogP contribution is 2.23. The van der Waals surface area contributed by atoms with Gasteiger partial charge in [0.05, 0.1) is 12.2 Å². The summed E-state index contributed by atoms with van der Waals surface area (Å²) in [7, 11) is 5.30. The van der Waals surface area contributed by atoms with Crippen molar-refractivity contribution < 1.29 is 14.3 Å². The molecule has 0 unspecified atom stereocenters. The van der Waals surface area contributed by atoms with Crippen LogP contribution in [0, 0.1) is 0 Å². The first-order valence-corrected chi connectivity index (χ1v) is 8.68. The molecule has 144 valence electrons. The summed E-state index contributed by atoms with van der Waals surface area (Å²) < 4.78 is 4.96. The Morgan fingerprint density at radius 2 is 1.78 bits per heavy atom. The van der Waals surface area contributed by atoms with Crippen LogP contribution in [-0.4, -0.2) is 46.3 Å². The molecule has 3 amide bonds. The minimum Gasteiger partial charge on any atom is -0.383 e. The number of methoxy groups -OCH3 is 1. The molecule has 0 aliphatic rings. The topological polar surface area (TPSA) is 82.7 Å². The third-order valence-electron chi connectivity index (χ3n) is 3.87. The smallest absolute Gasteiger partial charge is 0.319 e. The lowest BCUT2D eigenvalue weighted by molar-refractivity contribution is 0.0937. The molecule has 0 heterocycles. The van der Waals surface area contributed by atoms with Gasteiger partial charge in [0, 0.05) is 45.7 Å². The van der Waals surface area contributed by atoms with E-state index in [1.54, 1.807) is 25.3 Å². The SMILES string of the molecule is COCCNC(=O)c1cc(NC(=O)NCc2ccccc2)ccc1N(C)C. The number of carbonyl (C=O) groups excluding carboxylic acids is 2. The number of urea groups is 1. The molecular weight excluding hydrogens is 344 g/mol. The van der Waals surface area contributed by atoms with Crippen molar-refractivity contribution in [2.45, 2.75) is 6.54 Å². The van der Waals surface area contributed by atoms with Crippen molar-refractivity contribution in [3.05, 3.63) is 59.7 Å². The maximum atomic E-state index is 12.5. The molecule has 0 spiro atoms. The van der Waals surface area contributed by atoms with Crippen LogP contribution in [0.1, 0.15) is 15.9 Å².